The summed E-state index contributed by atoms with van der Waals surface area (Å²) in [5.74, 6) is -0.0766. The average Bonchev–Trinajstić information content (AvgIpc) is 2.46. The Morgan fingerprint density at radius 1 is 1.23 bits per heavy atom. The third-order valence-corrected chi connectivity index (χ3v) is 3.12. The fraction of sp³-hybridized carbons (Fsp3) is 0.444. The van der Waals surface area contributed by atoms with Crippen molar-refractivity contribution in [1.82, 2.24) is 5.32 Å². The second kappa shape index (κ2) is 9.03. The molecule has 120 valence electrons. The van der Waals surface area contributed by atoms with Crippen LogP contribution in [0.3, 0.4) is 0 Å². The van der Waals surface area contributed by atoms with Gasteiger partial charge >= 0.3 is 0 Å². The maximum absolute atomic E-state index is 12.4. The summed E-state index contributed by atoms with van der Waals surface area (Å²) in [7, 11) is 0. The SMILES string of the molecule is C=C(OCC)C(=O)C(Cc1ccccc1)NC(=O)CC(C)C. The minimum Gasteiger partial charge on any atom is -0.491 e. The molecule has 0 saturated heterocycles. The largest absolute Gasteiger partial charge is 0.491 e. The van der Waals surface area contributed by atoms with Gasteiger partial charge in [-0.2, -0.15) is 0 Å². The molecule has 0 heterocycles. The number of hydrogen-bond acceptors (Lipinski definition) is 3. The number of carbonyl (C=O) groups excluding carboxylic acids is 2. The summed E-state index contributed by atoms with van der Waals surface area (Å²) in [5.41, 5.74) is 0.981. The fourth-order valence-corrected chi connectivity index (χ4v) is 2.12. The standard InChI is InChI=1S/C18H25NO3/c1-5-22-14(4)18(21)16(19-17(20)11-13(2)3)12-15-9-7-6-8-10-15/h6-10,13,16H,4-5,11-12H2,1-3H3,(H,19,20). The van der Waals surface area contributed by atoms with E-state index in [2.05, 4.69) is 11.9 Å². The highest BCUT2D eigenvalue weighted by Crippen LogP contribution is 2.09. The Hall–Kier alpha value is -2.10. The number of rotatable bonds is 9. The van der Waals surface area contributed by atoms with E-state index in [-0.39, 0.29) is 23.4 Å². The molecule has 0 saturated carbocycles. The average molecular weight is 303 g/mol. The molecule has 0 radical (unpaired) electrons. The van der Waals surface area contributed by atoms with Gasteiger partial charge in [-0.3, -0.25) is 9.59 Å². The molecule has 0 fully saturated rings. The molecule has 4 heteroatoms. The second-order valence-corrected chi connectivity index (χ2v) is 5.63. The lowest BCUT2D eigenvalue weighted by Crippen LogP contribution is -2.43. The van der Waals surface area contributed by atoms with Crippen molar-refractivity contribution in [3.05, 3.63) is 48.2 Å². The third-order valence-electron chi connectivity index (χ3n) is 3.12. The van der Waals surface area contributed by atoms with Gasteiger partial charge in [-0.15, -0.1) is 0 Å². The highest BCUT2D eigenvalue weighted by Gasteiger charge is 2.24. The van der Waals surface area contributed by atoms with Gasteiger partial charge in [0.1, 0.15) is 0 Å². The van der Waals surface area contributed by atoms with Crippen LogP contribution in [0.2, 0.25) is 0 Å². The number of ketones is 1. The smallest absolute Gasteiger partial charge is 0.220 e. The number of amides is 1. The topological polar surface area (TPSA) is 55.4 Å². The van der Waals surface area contributed by atoms with E-state index in [4.69, 9.17) is 4.74 Å². The number of ether oxygens (including phenoxy) is 1. The molecule has 1 atom stereocenters. The quantitative estimate of drug-likeness (QED) is 0.564. The van der Waals surface area contributed by atoms with Gasteiger partial charge in [-0.25, -0.2) is 0 Å². The summed E-state index contributed by atoms with van der Waals surface area (Å²) >= 11 is 0. The van der Waals surface area contributed by atoms with E-state index >= 15 is 0 Å². The van der Waals surface area contributed by atoms with Gasteiger partial charge in [-0.1, -0.05) is 50.8 Å². The molecule has 0 spiro atoms. The van der Waals surface area contributed by atoms with E-state index in [0.29, 0.717) is 19.4 Å². The summed E-state index contributed by atoms with van der Waals surface area (Å²) in [6.07, 6.45) is 0.815. The van der Waals surface area contributed by atoms with Gasteiger partial charge in [0, 0.05) is 12.8 Å². The Morgan fingerprint density at radius 2 is 1.86 bits per heavy atom. The van der Waals surface area contributed by atoms with E-state index in [1.165, 1.54) is 0 Å². The minimum atomic E-state index is -0.646. The lowest BCUT2D eigenvalue weighted by Gasteiger charge is -2.19. The van der Waals surface area contributed by atoms with Gasteiger partial charge < -0.3 is 10.1 Å². The highest BCUT2D eigenvalue weighted by atomic mass is 16.5. The number of Topliss-reactive ketones (excluding diaryl/α,β-unsaturated/α-hetero) is 1. The maximum atomic E-state index is 12.4. The van der Waals surface area contributed by atoms with Crippen molar-refractivity contribution in [3.63, 3.8) is 0 Å². The zero-order chi connectivity index (χ0) is 16.5. The van der Waals surface area contributed by atoms with Crippen LogP contribution in [0, 0.1) is 5.92 Å². The first-order chi connectivity index (χ1) is 10.4. The monoisotopic (exact) mass is 303 g/mol. The van der Waals surface area contributed by atoms with Crippen molar-refractivity contribution in [3.8, 4) is 0 Å². The molecule has 4 nitrogen and oxygen atoms in total. The molecule has 0 aliphatic rings. The summed E-state index contributed by atoms with van der Waals surface area (Å²) in [4.78, 5) is 24.4. The van der Waals surface area contributed by atoms with E-state index in [1.807, 2.05) is 44.2 Å². The number of nitrogens with one attached hydrogen (secondary N) is 1. The maximum Gasteiger partial charge on any atom is 0.220 e. The van der Waals surface area contributed by atoms with Crippen LogP contribution in [-0.4, -0.2) is 24.3 Å². The number of hydrogen-bond donors (Lipinski definition) is 1. The molecule has 0 aliphatic heterocycles. The normalized spacial score (nSPS) is 11.8. The zero-order valence-electron chi connectivity index (χ0n) is 13.6. The van der Waals surface area contributed by atoms with Crippen molar-refractivity contribution < 1.29 is 14.3 Å². The molecule has 1 unspecified atom stereocenters. The first-order valence-corrected chi connectivity index (χ1v) is 7.63. The van der Waals surface area contributed by atoms with E-state index in [0.717, 1.165) is 5.56 Å². The van der Waals surface area contributed by atoms with Crippen LogP contribution in [0.25, 0.3) is 0 Å². The van der Waals surface area contributed by atoms with Gasteiger partial charge in [0.2, 0.25) is 11.7 Å². The Balaban J connectivity index is 2.82. The summed E-state index contributed by atoms with van der Waals surface area (Å²) in [6.45, 7) is 9.75. The molecule has 22 heavy (non-hydrogen) atoms. The summed E-state index contributed by atoms with van der Waals surface area (Å²) in [5, 5.41) is 2.81. The Bertz CT molecular complexity index is 508. The lowest BCUT2D eigenvalue weighted by atomic mass is 10.0. The summed E-state index contributed by atoms with van der Waals surface area (Å²) < 4.78 is 5.19. The van der Waals surface area contributed by atoms with Crippen LogP contribution in [0.1, 0.15) is 32.8 Å². The van der Waals surface area contributed by atoms with Crippen LogP contribution >= 0.6 is 0 Å². The van der Waals surface area contributed by atoms with Gasteiger partial charge in [0.25, 0.3) is 0 Å². The van der Waals surface area contributed by atoms with Crippen LogP contribution in [0.15, 0.2) is 42.7 Å². The highest BCUT2D eigenvalue weighted by molar-refractivity contribution is 5.99. The summed E-state index contributed by atoms with van der Waals surface area (Å²) in [6, 6.07) is 8.94. The molecule has 1 N–H and O–H groups in total. The molecule has 0 bridgehead atoms. The van der Waals surface area contributed by atoms with E-state index in [1.54, 1.807) is 6.92 Å². The second-order valence-electron chi connectivity index (χ2n) is 5.63. The van der Waals surface area contributed by atoms with Crippen molar-refractivity contribution in [2.45, 2.75) is 39.7 Å². The first kappa shape index (κ1) is 18.0. The molecule has 1 aromatic rings. The molecular weight excluding hydrogens is 278 g/mol. The van der Waals surface area contributed by atoms with Crippen molar-refractivity contribution in [2.24, 2.45) is 5.92 Å². The lowest BCUT2D eigenvalue weighted by molar-refractivity contribution is -0.128. The molecule has 1 rings (SSSR count). The van der Waals surface area contributed by atoms with Gasteiger partial charge in [-0.05, 0) is 18.4 Å². The number of carbonyl (C=O) groups is 2. The Morgan fingerprint density at radius 3 is 2.41 bits per heavy atom. The van der Waals surface area contributed by atoms with Crippen LogP contribution in [-0.2, 0) is 20.7 Å². The zero-order valence-corrected chi connectivity index (χ0v) is 13.6. The Labute approximate surface area is 132 Å². The van der Waals surface area contributed by atoms with Crippen molar-refractivity contribution >= 4 is 11.7 Å². The molecule has 0 aliphatic carbocycles. The van der Waals surface area contributed by atoms with Crippen LogP contribution < -0.4 is 5.32 Å². The van der Waals surface area contributed by atoms with Crippen LogP contribution in [0.5, 0.6) is 0 Å². The molecule has 1 aromatic carbocycles. The van der Waals surface area contributed by atoms with Gasteiger partial charge in [0.05, 0.1) is 12.6 Å². The first-order valence-electron chi connectivity index (χ1n) is 7.63. The molecule has 0 aromatic heterocycles. The predicted molar refractivity (Wildman–Crippen MR) is 87.3 cm³/mol. The Kier molecular flexibility index (Phi) is 7.37. The molecular formula is C18H25NO3. The predicted octanol–water partition coefficient (Wildman–Crippen LogP) is 2.88. The molecule has 1 amide bonds. The van der Waals surface area contributed by atoms with Gasteiger partial charge in [0.15, 0.2) is 5.76 Å². The van der Waals surface area contributed by atoms with E-state index < -0.39 is 6.04 Å². The minimum absolute atomic E-state index is 0.0910. The van der Waals surface area contributed by atoms with Crippen molar-refractivity contribution in [2.75, 3.05) is 6.61 Å². The van der Waals surface area contributed by atoms with Crippen LogP contribution in [0.4, 0.5) is 0 Å². The fourth-order valence-electron chi connectivity index (χ4n) is 2.12. The number of benzene rings is 1. The van der Waals surface area contributed by atoms with Crippen molar-refractivity contribution in [1.29, 1.82) is 0 Å². The third kappa shape index (κ3) is 6.12. The van der Waals surface area contributed by atoms with E-state index in [9.17, 15) is 9.59 Å².